The van der Waals surface area contributed by atoms with E-state index in [-0.39, 0.29) is 10.6 Å². The molecule has 1 N–H and O–H groups in total. The second kappa shape index (κ2) is 6.16. The SMILES string of the molecule is CC1(C)OC(=O)C(=CNc2ccc(S(C)(=O)=O)cc2[N+](=O)[O-])C(=O)O1. The van der Waals surface area contributed by atoms with Crippen LogP contribution in [0.4, 0.5) is 11.4 Å². The number of nitrogens with one attached hydrogen (secondary N) is 1. The summed E-state index contributed by atoms with van der Waals surface area (Å²) in [4.78, 5) is 33.7. The second-order valence-electron chi connectivity index (χ2n) is 5.59. The van der Waals surface area contributed by atoms with Gasteiger partial charge >= 0.3 is 11.9 Å². The van der Waals surface area contributed by atoms with Gasteiger partial charge < -0.3 is 14.8 Å². The Morgan fingerprint density at radius 1 is 1.20 bits per heavy atom. The molecular formula is C14H14N2O8S. The molecule has 0 spiro atoms. The maximum absolute atomic E-state index is 11.8. The van der Waals surface area contributed by atoms with Crippen LogP contribution in [0, 0.1) is 10.1 Å². The van der Waals surface area contributed by atoms with Crippen LogP contribution in [0.2, 0.25) is 0 Å². The maximum Gasteiger partial charge on any atom is 0.350 e. The molecule has 25 heavy (non-hydrogen) atoms. The summed E-state index contributed by atoms with van der Waals surface area (Å²) in [6.45, 7) is 2.75. The van der Waals surface area contributed by atoms with E-state index in [9.17, 15) is 28.1 Å². The Labute approximate surface area is 142 Å². The van der Waals surface area contributed by atoms with Gasteiger partial charge in [-0.1, -0.05) is 0 Å². The van der Waals surface area contributed by atoms with Gasteiger partial charge in [0.15, 0.2) is 15.4 Å². The molecule has 11 heteroatoms. The number of carbonyl (C=O) groups excluding carboxylic acids is 2. The zero-order chi connectivity index (χ0) is 19.0. The molecule has 0 unspecified atom stereocenters. The number of benzene rings is 1. The molecule has 1 aromatic carbocycles. The third-order valence-electron chi connectivity index (χ3n) is 3.08. The number of carbonyl (C=O) groups is 2. The van der Waals surface area contributed by atoms with Crippen LogP contribution in [0.25, 0.3) is 0 Å². The Balaban J connectivity index is 2.36. The number of nitro benzene ring substituents is 1. The first-order valence-corrected chi connectivity index (χ1v) is 8.72. The monoisotopic (exact) mass is 370 g/mol. The molecule has 0 radical (unpaired) electrons. The van der Waals surface area contributed by atoms with Gasteiger partial charge in [0.25, 0.3) is 11.5 Å². The molecule has 1 aliphatic rings. The molecule has 1 saturated heterocycles. The molecule has 1 fully saturated rings. The van der Waals surface area contributed by atoms with Crippen molar-refractivity contribution in [1.82, 2.24) is 0 Å². The van der Waals surface area contributed by atoms with Crippen LogP contribution >= 0.6 is 0 Å². The average molecular weight is 370 g/mol. The second-order valence-corrected chi connectivity index (χ2v) is 7.61. The summed E-state index contributed by atoms with van der Waals surface area (Å²) >= 11 is 0. The van der Waals surface area contributed by atoms with Crippen molar-refractivity contribution < 1.29 is 32.4 Å². The number of sulfone groups is 1. The van der Waals surface area contributed by atoms with Crippen LogP contribution in [0.1, 0.15) is 13.8 Å². The summed E-state index contributed by atoms with van der Waals surface area (Å²) in [6.07, 6.45) is 1.82. The minimum atomic E-state index is -3.64. The van der Waals surface area contributed by atoms with Crippen LogP contribution in [0.15, 0.2) is 34.9 Å². The fourth-order valence-corrected chi connectivity index (χ4v) is 2.58. The fraction of sp³-hybridized carbons (Fsp3) is 0.286. The van der Waals surface area contributed by atoms with E-state index in [0.29, 0.717) is 0 Å². The molecule has 0 aromatic heterocycles. The minimum absolute atomic E-state index is 0.115. The highest BCUT2D eigenvalue weighted by Crippen LogP contribution is 2.28. The van der Waals surface area contributed by atoms with Gasteiger partial charge in [-0.25, -0.2) is 18.0 Å². The highest BCUT2D eigenvalue weighted by atomic mass is 32.2. The molecule has 0 bridgehead atoms. The normalized spacial score (nSPS) is 16.7. The predicted octanol–water partition coefficient (Wildman–Crippen LogP) is 1.13. The molecular weight excluding hydrogens is 356 g/mol. The number of esters is 2. The largest absolute Gasteiger partial charge is 0.419 e. The Hall–Kier alpha value is -2.95. The molecule has 0 aliphatic carbocycles. The number of ether oxygens (including phenoxy) is 2. The van der Waals surface area contributed by atoms with Gasteiger partial charge in [-0.2, -0.15) is 0 Å². The van der Waals surface area contributed by atoms with Crippen LogP contribution in [-0.4, -0.2) is 37.3 Å². The van der Waals surface area contributed by atoms with E-state index in [4.69, 9.17) is 9.47 Å². The number of nitrogens with zero attached hydrogens (tertiary/aromatic N) is 1. The van der Waals surface area contributed by atoms with Crippen LogP contribution in [0.5, 0.6) is 0 Å². The predicted molar refractivity (Wildman–Crippen MR) is 84.2 cm³/mol. The van der Waals surface area contributed by atoms with Crippen molar-refractivity contribution in [3.8, 4) is 0 Å². The Morgan fingerprint density at radius 3 is 2.24 bits per heavy atom. The Morgan fingerprint density at radius 2 is 1.76 bits per heavy atom. The lowest BCUT2D eigenvalue weighted by molar-refractivity contribution is -0.384. The molecule has 1 aromatic rings. The van der Waals surface area contributed by atoms with Gasteiger partial charge in [-0.05, 0) is 12.1 Å². The van der Waals surface area contributed by atoms with Crippen LogP contribution in [0.3, 0.4) is 0 Å². The summed E-state index contributed by atoms with van der Waals surface area (Å²) in [5.41, 5.74) is -1.14. The first-order valence-electron chi connectivity index (χ1n) is 6.82. The van der Waals surface area contributed by atoms with E-state index < -0.39 is 43.7 Å². The quantitative estimate of drug-likeness (QED) is 0.271. The van der Waals surface area contributed by atoms with Crippen LogP contribution < -0.4 is 5.32 Å². The zero-order valence-electron chi connectivity index (χ0n) is 13.4. The van der Waals surface area contributed by atoms with Gasteiger partial charge in [-0.3, -0.25) is 10.1 Å². The van der Waals surface area contributed by atoms with Crippen LogP contribution in [-0.2, 0) is 28.9 Å². The zero-order valence-corrected chi connectivity index (χ0v) is 14.2. The van der Waals surface area contributed by atoms with E-state index in [1.54, 1.807) is 0 Å². The highest BCUT2D eigenvalue weighted by Gasteiger charge is 2.39. The minimum Gasteiger partial charge on any atom is -0.419 e. The molecule has 0 saturated carbocycles. The lowest BCUT2D eigenvalue weighted by atomic mass is 10.2. The number of hydrogen-bond donors (Lipinski definition) is 1. The highest BCUT2D eigenvalue weighted by molar-refractivity contribution is 7.90. The van der Waals surface area contributed by atoms with E-state index in [1.165, 1.54) is 13.8 Å². The van der Waals surface area contributed by atoms with Crippen molar-refractivity contribution in [2.45, 2.75) is 24.5 Å². The van der Waals surface area contributed by atoms with E-state index in [2.05, 4.69) is 5.32 Å². The standard InChI is InChI=1S/C14H14N2O8S/c1-14(2)23-12(17)9(13(18)24-14)7-15-10-5-4-8(25(3,21)22)6-11(10)16(19)20/h4-7,15H,1-3H3. The molecule has 1 aliphatic heterocycles. The van der Waals surface area contributed by atoms with Gasteiger partial charge in [-0.15, -0.1) is 0 Å². The number of anilines is 1. The first-order chi connectivity index (χ1) is 11.4. The lowest BCUT2D eigenvalue weighted by Gasteiger charge is -2.29. The topological polar surface area (TPSA) is 142 Å². The van der Waals surface area contributed by atoms with Crippen molar-refractivity contribution >= 4 is 33.2 Å². The van der Waals surface area contributed by atoms with Gasteiger partial charge in [0.2, 0.25) is 0 Å². The van der Waals surface area contributed by atoms with E-state index in [0.717, 1.165) is 30.7 Å². The first kappa shape index (κ1) is 18.4. The summed E-state index contributed by atoms with van der Waals surface area (Å²) < 4.78 is 32.8. The van der Waals surface area contributed by atoms with Crippen molar-refractivity contribution in [3.63, 3.8) is 0 Å². The number of nitro groups is 1. The van der Waals surface area contributed by atoms with Crippen molar-refractivity contribution in [2.75, 3.05) is 11.6 Å². The van der Waals surface area contributed by atoms with Crippen molar-refractivity contribution in [1.29, 1.82) is 0 Å². The van der Waals surface area contributed by atoms with Crippen molar-refractivity contribution in [3.05, 3.63) is 40.1 Å². The molecule has 0 amide bonds. The third-order valence-corrected chi connectivity index (χ3v) is 4.19. The van der Waals surface area contributed by atoms with Gasteiger partial charge in [0, 0.05) is 32.4 Å². The van der Waals surface area contributed by atoms with Gasteiger partial charge in [0.05, 0.1) is 9.82 Å². The summed E-state index contributed by atoms with van der Waals surface area (Å²) in [5, 5.41) is 13.6. The molecule has 10 nitrogen and oxygen atoms in total. The number of cyclic esters (lactones) is 2. The molecule has 134 valence electrons. The summed E-state index contributed by atoms with van der Waals surface area (Å²) in [7, 11) is -3.64. The summed E-state index contributed by atoms with van der Waals surface area (Å²) in [5.74, 6) is -3.32. The Bertz CT molecular complexity index is 879. The molecule has 2 rings (SSSR count). The number of hydrogen-bond acceptors (Lipinski definition) is 9. The Kier molecular flexibility index (Phi) is 4.53. The van der Waals surface area contributed by atoms with Crippen molar-refractivity contribution in [2.24, 2.45) is 0 Å². The van der Waals surface area contributed by atoms with E-state index >= 15 is 0 Å². The van der Waals surface area contributed by atoms with Gasteiger partial charge in [0.1, 0.15) is 5.69 Å². The number of rotatable bonds is 4. The summed E-state index contributed by atoms with van der Waals surface area (Å²) in [6, 6.07) is 3.18. The van der Waals surface area contributed by atoms with E-state index in [1.807, 2.05) is 0 Å². The maximum atomic E-state index is 11.8. The lowest BCUT2D eigenvalue weighted by Crippen LogP contribution is -2.42. The average Bonchev–Trinajstić information content (AvgIpc) is 2.43. The molecule has 1 heterocycles. The smallest absolute Gasteiger partial charge is 0.350 e. The molecule has 0 atom stereocenters. The fourth-order valence-electron chi connectivity index (χ4n) is 1.94. The third kappa shape index (κ3) is 4.12.